The zero-order valence-electron chi connectivity index (χ0n) is 15.0. The second-order valence-corrected chi connectivity index (χ2v) is 6.17. The van der Waals surface area contributed by atoms with Crippen molar-refractivity contribution in [1.82, 2.24) is 9.55 Å². The molecule has 0 bridgehead atoms. The first-order valence-electron chi connectivity index (χ1n) is 8.91. The maximum Gasteiger partial charge on any atom is 0.260 e. The molecule has 0 aliphatic rings. The molecule has 3 aromatic carbocycles. The molecule has 6 heteroatoms. The Balaban J connectivity index is 1.58. The van der Waals surface area contributed by atoms with Gasteiger partial charge in [0.1, 0.15) is 18.2 Å². The van der Waals surface area contributed by atoms with E-state index in [-0.39, 0.29) is 5.56 Å². The van der Waals surface area contributed by atoms with Crippen molar-refractivity contribution in [1.29, 1.82) is 0 Å². The van der Waals surface area contributed by atoms with Crippen LogP contribution >= 0.6 is 0 Å². The van der Waals surface area contributed by atoms with Gasteiger partial charge in [-0.3, -0.25) is 10.1 Å². The van der Waals surface area contributed by atoms with Crippen LogP contribution in [0.3, 0.4) is 0 Å². The molecule has 4 aromatic rings. The summed E-state index contributed by atoms with van der Waals surface area (Å²) in [5.41, 5.74) is 1.58. The summed E-state index contributed by atoms with van der Waals surface area (Å²) in [6.07, 6.45) is 0. The van der Waals surface area contributed by atoms with Gasteiger partial charge in [-0.1, -0.05) is 42.5 Å². The van der Waals surface area contributed by atoms with Crippen molar-refractivity contribution in [3.05, 3.63) is 90.2 Å². The van der Waals surface area contributed by atoms with Crippen molar-refractivity contribution >= 4 is 22.9 Å². The van der Waals surface area contributed by atoms with Gasteiger partial charge >= 0.3 is 0 Å². The first-order valence-corrected chi connectivity index (χ1v) is 8.91. The number of nitrogens with zero attached hydrogens (tertiary/aromatic N) is 2. The van der Waals surface area contributed by atoms with Crippen LogP contribution in [0.2, 0.25) is 0 Å². The van der Waals surface area contributed by atoms with Gasteiger partial charge in [0.2, 0.25) is 5.95 Å². The summed E-state index contributed by atoms with van der Waals surface area (Å²) >= 11 is 0. The van der Waals surface area contributed by atoms with E-state index in [9.17, 15) is 9.18 Å². The lowest BCUT2D eigenvalue weighted by Gasteiger charge is -2.11. The largest absolute Gasteiger partial charge is 0.492 e. The molecule has 28 heavy (non-hydrogen) atoms. The van der Waals surface area contributed by atoms with Crippen LogP contribution in [0.25, 0.3) is 11.0 Å². The predicted molar refractivity (Wildman–Crippen MR) is 106 cm³/mol. The first kappa shape index (κ1) is 17.7. The lowest BCUT2D eigenvalue weighted by molar-refractivity contribution is 0.102. The molecule has 140 valence electrons. The number of aromatic nitrogens is 2. The van der Waals surface area contributed by atoms with Gasteiger partial charge in [-0.15, -0.1) is 0 Å². The van der Waals surface area contributed by atoms with E-state index in [0.717, 1.165) is 16.8 Å². The number of fused-ring (bicyclic) bond motifs is 1. The third kappa shape index (κ3) is 3.71. The number of ether oxygens (including phenoxy) is 1. The van der Waals surface area contributed by atoms with Crippen LogP contribution in [0, 0.1) is 5.82 Å². The summed E-state index contributed by atoms with van der Waals surface area (Å²) < 4.78 is 21.6. The van der Waals surface area contributed by atoms with Crippen LogP contribution in [-0.4, -0.2) is 22.1 Å². The molecule has 1 N–H and O–H groups in total. The molecule has 1 aromatic heterocycles. The highest BCUT2D eigenvalue weighted by atomic mass is 19.1. The zero-order valence-corrected chi connectivity index (χ0v) is 15.0. The zero-order chi connectivity index (χ0) is 19.3. The maximum absolute atomic E-state index is 13.9. The fraction of sp³-hybridized carbons (Fsp3) is 0.0909. The molecule has 1 heterocycles. The molecule has 0 aliphatic carbocycles. The van der Waals surface area contributed by atoms with E-state index in [2.05, 4.69) is 10.3 Å². The van der Waals surface area contributed by atoms with Crippen LogP contribution < -0.4 is 10.1 Å². The Bertz CT molecular complexity index is 1110. The highest BCUT2D eigenvalue weighted by Gasteiger charge is 2.16. The summed E-state index contributed by atoms with van der Waals surface area (Å²) in [6, 6.07) is 22.9. The Kier molecular flexibility index (Phi) is 5.01. The van der Waals surface area contributed by atoms with Gasteiger partial charge in [0, 0.05) is 0 Å². The van der Waals surface area contributed by atoms with Crippen molar-refractivity contribution in [3.63, 3.8) is 0 Å². The monoisotopic (exact) mass is 375 g/mol. The molecule has 1 amide bonds. The molecule has 4 rings (SSSR count). The molecule has 0 aliphatic heterocycles. The summed E-state index contributed by atoms with van der Waals surface area (Å²) in [6.45, 7) is 0.870. The quantitative estimate of drug-likeness (QED) is 0.540. The van der Waals surface area contributed by atoms with Crippen molar-refractivity contribution < 1.29 is 13.9 Å². The van der Waals surface area contributed by atoms with Crippen LogP contribution in [-0.2, 0) is 6.54 Å². The van der Waals surface area contributed by atoms with E-state index in [1.54, 1.807) is 12.1 Å². The molecule has 0 saturated carbocycles. The average Bonchev–Trinajstić information content (AvgIpc) is 3.06. The number of imidazole rings is 1. The molecule has 0 atom stereocenters. The van der Waals surface area contributed by atoms with Gasteiger partial charge in [-0.2, -0.15) is 0 Å². The van der Waals surface area contributed by atoms with E-state index in [0.29, 0.717) is 19.1 Å². The van der Waals surface area contributed by atoms with Gasteiger partial charge < -0.3 is 9.30 Å². The predicted octanol–water partition coefficient (Wildman–Crippen LogP) is 4.51. The van der Waals surface area contributed by atoms with Crippen molar-refractivity contribution in [2.75, 3.05) is 11.9 Å². The number of benzene rings is 3. The molecule has 0 spiro atoms. The Morgan fingerprint density at radius 3 is 2.50 bits per heavy atom. The van der Waals surface area contributed by atoms with Gasteiger partial charge in [0.15, 0.2) is 0 Å². The average molecular weight is 375 g/mol. The number of rotatable bonds is 6. The number of amides is 1. The molecular formula is C22H18FN3O2. The number of halogens is 1. The minimum Gasteiger partial charge on any atom is -0.492 e. The number of hydrogen-bond acceptors (Lipinski definition) is 3. The Labute approximate surface area is 161 Å². The summed E-state index contributed by atoms with van der Waals surface area (Å²) in [4.78, 5) is 17.0. The Morgan fingerprint density at radius 1 is 0.964 bits per heavy atom. The minimum absolute atomic E-state index is 0.0263. The second kappa shape index (κ2) is 7.92. The SMILES string of the molecule is O=C(Nc1nc2ccccc2n1CCOc1ccccc1)c1ccccc1F. The number of carbonyl (C=O) groups excluding carboxylic acids is 1. The van der Waals surface area contributed by atoms with Crippen LogP contribution in [0.5, 0.6) is 5.75 Å². The Hall–Kier alpha value is -3.67. The summed E-state index contributed by atoms with van der Waals surface area (Å²) in [5.74, 6) is 0.00341. The summed E-state index contributed by atoms with van der Waals surface area (Å²) in [5, 5.41) is 2.72. The van der Waals surface area contributed by atoms with Crippen LogP contribution in [0.15, 0.2) is 78.9 Å². The number of anilines is 1. The van der Waals surface area contributed by atoms with Gasteiger partial charge in [0.25, 0.3) is 5.91 Å². The molecule has 5 nitrogen and oxygen atoms in total. The van der Waals surface area contributed by atoms with Gasteiger partial charge in [0.05, 0.1) is 23.1 Å². The van der Waals surface area contributed by atoms with Gasteiger partial charge in [-0.25, -0.2) is 9.37 Å². The van der Waals surface area contributed by atoms with Crippen molar-refractivity contribution in [2.24, 2.45) is 0 Å². The molecule has 0 radical (unpaired) electrons. The van der Waals surface area contributed by atoms with Crippen LogP contribution in [0.4, 0.5) is 10.3 Å². The molecule has 0 unspecified atom stereocenters. The lowest BCUT2D eigenvalue weighted by Crippen LogP contribution is -2.18. The highest BCUT2D eigenvalue weighted by Crippen LogP contribution is 2.21. The third-order valence-electron chi connectivity index (χ3n) is 4.33. The molecule has 0 fully saturated rings. The van der Waals surface area contributed by atoms with Crippen LogP contribution in [0.1, 0.15) is 10.4 Å². The van der Waals surface area contributed by atoms with E-state index in [1.165, 1.54) is 12.1 Å². The van der Waals surface area contributed by atoms with Gasteiger partial charge in [-0.05, 0) is 36.4 Å². The minimum atomic E-state index is -0.574. The fourth-order valence-electron chi connectivity index (χ4n) is 2.98. The van der Waals surface area contributed by atoms with E-state index < -0.39 is 11.7 Å². The van der Waals surface area contributed by atoms with E-state index >= 15 is 0 Å². The fourth-order valence-corrected chi connectivity index (χ4v) is 2.98. The molecular weight excluding hydrogens is 357 g/mol. The normalized spacial score (nSPS) is 10.8. The highest BCUT2D eigenvalue weighted by molar-refractivity contribution is 6.04. The number of nitrogens with one attached hydrogen (secondary N) is 1. The standard InChI is InChI=1S/C22H18FN3O2/c23-18-11-5-4-10-17(18)21(27)25-22-24-19-12-6-7-13-20(19)26(22)14-15-28-16-8-2-1-3-9-16/h1-13H,14-15H2,(H,24,25,27). The summed E-state index contributed by atoms with van der Waals surface area (Å²) in [7, 11) is 0. The van der Waals surface area contributed by atoms with Crippen molar-refractivity contribution in [2.45, 2.75) is 6.54 Å². The maximum atomic E-state index is 13.9. The number of carbonyl (C=O) groups is 1. The molecule has 0 saturated heterocycles. The van der Waals surface area contributed by atoms with E-state index in [1.807, 2.05) is 59.2 Å². The lowest BCUT2D eigenvalue weighted by atomic mass is 10.2. The number of hydrogen-bond donors (Lipinski definition) is 1. The third-order valence-corrected chi connectivity index (χ3v) is 4.33. The first-order chi connectivity index (χ1) is 13.7. The Morgan fingerprint density at radius 2 is 1.68 bits per heavy atom. The number of para-hydroxylation sites is 3. The van der Waals surface area contributed by atoms with E-state index in [4.69, 9.17) is 4.74 Å². The van der Waals surface area contributed by atoms with Crippen molar-refractivity contribution in [3.8, 4) is 5.75 Å². The topological polar surface area (TPSA) is 56.2 Å². The second-order valence-electron chi connectivity index (χ2n) is 6.17. The smallest absolute Gasteiger partial charge is 0.260 e.